The zero-order valence-electron chi connectivity index (χ0n) is 18.8. The molecule has 0 aliphatic carbocycles. The van der Waals surface area contributed by atoms with Gasteiger partial charge in [0, 0.05) is 18.6 Å². The lowest BCUT2D eigenvalue weighted by atomic mass is 10.1. The van der Waals surface area contributed by atoms with Gasteiger partial charge in [0.1, 0.15) is 5.75 Å². The number of nitro benzene ring substituents is 1. The van der Waals surface area contributed by atoms with Gasteiger partial charge in [-0.25, -0.2) is 0 Å². The number of benzene rings is 3. The van der Waals surface area contributed by atoms with E-state index >= 15 is 0 Å². The summed E-state index contributed by atoms with van der Waals surface area (Å²) in [5.41, 5.74) is 2.39. The molecular weight excluding hydrogens is 434 g/mol. The molecule has 0 bridgehead atoms. The molecule has 0 saturated carbocycles. The van der Waals surface area contributed by atoms with Crippen LogP contribution in [0, 0.1) is 10.1 Å². The van der Waals surface area contributed by atoms with Crippen LogP contribution in [-0.4, -0.2) is 10.9 Å². The van der Waals surface area contributed by atoms with Gasteiger partial charge < -0.3 is 4.74 Å². The number of carbonyl (C=O) groups is 1. The molecule has 3 rings (SSSR count). The van der Waals surface area contributed by atoms with Gasteiger partial charge >= 0.3 is 5.97 Å². The zero-order chi connectivity index (χ0) is 24.2. The van der Waals surface area contributed by atoms with Crippen LogP contribution in [0.3, 0.4) is 0 Å². The average Bonchev–Trinajstić information content (AvgIpc) is 2.86. The maximum atomic E-state index is 11.9. The summed E-state index contributed by atoms with van der Waals surface area (Å²) in [4.78, 5) is 22.1. The van der Waals surface area contributed by atoms with E-state index in [1.54, 1.807) is 48.5 Å². The first-order valence-corrected chi connectivity index (χ1v) is 11.0. The van der Waals surface area contributed by atoms with Crippen molar-refractivity contribution in [3.63, 3.8) is 0 Å². The van der Waals surface area contributed by atoms with Crippen molar-refractivity contribution in [1.82, 2.24) is 0 Å². The average molecular weight is 460 g/mol. The van der Waals surface area contributed by atoms with Gasteiger partial charge in [-0.2, -0.15) is 20.5 Å². The normalized spacial score (nSPS) is 11.2. The molecule has 0 N–H and O–H groups in total. The lowest BCUT2D eigenvalue weighted by Gasteiger charge is -2.04. The summed E-state index contributed by atoms with van der Waals surface area (Å²) in [6.07, 6.45) is 4.56. The van der Waals surface area contributed by atoms with Crippen LogP contribution in [0.4, 0.5) is 28.4 Å². The highest BCUT2D eigenvalue weighted by Gasteiger charge is 2.05. The summed E-state index contributed by atoms with van der Waals surface area (Å²) in [5, 5.41) is 27.2. The molecule has 0 unspecified atom stereocenters. The standard InChI is InChI=1S/C25H25N5O4/c1-2-3-4-5-6-25(31)34-24-17-13-22(14-18-24)29-27-20-9-7-19(8-10-20)26-28-21-11-15-23(16-12-21)30(32)33/h7-18H,2-6H2,1H3. The van der Waals surface area contributed by atoms with Crippen molar-refractivity contribution in [2.24, 2.45) is 20.5 Å². The number of carbonyl (C=O) groups excluding carboxylic acids is 1. The Morgan fingerprint density at radius 1 is 0.735 bits per heavy atom. The molecule has 0 radical (unpaired) electrons. The van der Waals surface area contributed by atoms with E-state index in [9.17, 15) is 14.9 Å². The monoisotopic (exact) mass is 459 g/mol. The summed E-state index contributed by atoms with van der Waals surface area (Å²) in [5.74, 6) is 0.262. The first-order chi connectivity index (χ1) is 16.5. The highest BCUT2D eigenvalue weighted by Crippen LogP contribution is 2.25. The molecular formula is C25H25N5O4. The van der Waals surface area contributed by atoms with Crippen molar-refractivity contribution < 1.29 is 14.5 Å². The van der Waals surface area contributed by atoms with Crippen LogP contribution < -0.4 is 4.74 Å². The fourth-order valence-corrected chi connectivity index (χ4v) is 2.92. The Morgan fingerprint density at radius 2 is 1.18 bits per heavy atom. The van der Waals surface area contributed by atoms with Crippen molar-refractivity contribution in [2.45, 2.75) is 39.0 Å². The number of ether oxygens (including phenoxy) is 1. The number of rotatable bonds is 11. The third-order valence-corrected chi connectivity index (χ3v) is 4.77. The van der Waals surface area contributed by atoms with E-state index in [0.717, 1.165) is 25.7 Å². The highest BCUT2D eigenvalue weighted by atomic mass is 16.6. The molecule has 0 aliphatic heterocycles. The zero-order valence-corrected chi connectivity index (χ0v) is 18.8. The number of nitro groups is 1. The van der Waals surface area contributed by atoms with Crippen LogP contribution in [0.1, 0.15) is 39.0 Å². The topological polar surface area (TPSA) is 119 Å². The second-order valence-corrected chi connectivity index (χ2v) is 7.47. The van der Waals surface area contributed by atoms with Crippen LogP contribution in [0.25, 0.3) is 0 Å². The van der Waals surface area contributed by atoms with Gasteiger partial charge in [-0.3, -0.25) is 14.9 Å². The lowest BCUT2D eigenvalue weighted by Crippen LogP contribution is -2.07. The molecule has 0 heterocycles. The number of azo groups is 2. The molecule has 3 aromatic rings. The van der Waals surface area contributed by atoms with Gasteiger partial charge in [0.25, 0.3) is 5.69 Å². The van der Waals surface area contributed by atoms with E-state index in [1.165, 1.54) is 24.3 Å². The first kappa shape index (κ1) is 24.4. The number of hydrogen-bond acceptors (Lipinski definition) is 8. The lowest BCUT2D eigenvalue weighted by molar-refractivity contribution is -0.384. The minimum Gasteiger partial charge on any atom is -0.427 e. The Balaban J connectivity index is 1.50. The minimum atomic E-state index is -0.465. The summed E-state index contributed by atoms with van der Waals surface area (Å²) >= 11 is 0. The molecule has 34 heavy (non-hydrogen) atoms. The predicted octanol–water partition coefficient (Wildman–Crippen LogP) is 8.30. The summed E-state index contributed by atoms with van der Waals surface area (Å²) in [6, 6.07) is 19.7. The molecule has 0 fully saturated rings. The van der Waals surface area contributed by atoms with E-state index in [1.807, 2.05) is 0 Å². The van der Waals surface area contributed by atoms with E-state index < -0.39 is 4.92 Å². The fraction of sp³-hybridized carbons (Fsp3) is 0.240. The van der Waals surface area contributed by atoms with Crippen molar-refractivity contribution in [2.75, 3.05) is 0 Å². The minimum absolute atomic E-state index is 0.00197. The summed E-state index contributed by atoms with van der Waals surface area (Å²) in [7, 11) is 0. The fourth-order valence-electron chi connectivity index (χ4n) is 2.92. The Labute approximate surface area is 197 Å². The molecule has 0 aliphatic rings. The smallest absolute Gasteiger partial charge is 0.311 e. The summed E-state index contributed by atoms with van der Waals surface area (Å²) in [6.45, 7) is 2.13. The second-order valence-electron chi connectivity index (χ2n) is 7.47. The van der Waals surface area contributed by atoms with Crippen LogP contribution >= 0.6 is 0 Å². The first-order valence-electron chi connectivity index (χ1n) is 11.0. The second kappa shape index (κ2) is 12.7. The Hall–Kier alpha value is -4.27. The van der Waals surface area contributed by atoms with Crippen LogP contribution in [0.2, 0.25) is 0 Å². The van der Waals surface area contributed by atoms with Crippen molar-refractivity contribution >= 4 is 34.4 Å². The van der Waals surface area contributed by atoms with Crippen LogP contribution in [-0.2, 0) is 4.79 Å². The molecule has 0 atom stereocenters. The van der Waals surface area contributed by atoms with Gasteiger partial charge in [0.05, 0.1) is 27.7 Å². The third-order valence-electron chi connectivity index (χ3n) is 4.77. The highest BCUT2D eigenvalue weighted by molar-refractivity contribution is 5.72. The molecule has 0 amide bonds. The third kappa shape index (κ3) is 8.01. The van der Waals surface area contributed by atoms with Crippen LogP contribution in [0.5, 0.6) is 5.75 Å². The maximum Gasteiger partial charge on any atom is 0.311 e. The maximum absolute atomic E-state index is 11.9. The molecule has 3 aromatic carbocycles. The number of esters is 1. The van der Waals surface area contributed by atoms with Gasteiger partial charge in [0.15, 0.2) is 0 Å². The van der Waals surface area contributed by atoms with Gasteiger partial charge in [-0.1, -0.05) is 26.2 Å². The summed E-state index contributed by atoms with van der Waals surface area (Å²) < 4.78 is 5.34. The van der Waals surface area contributed by atoms with E-state index in [0.29, 0.717) is 34.9 Å². The number of unbranched alkanes of at least 4 members (excludes halogenated alkanes) is 3. The van der Waals surface area contributed by atoms with Crippen molar-refractivity contribution in [3.8, 4) is 5.75 Å². The predicted molar refractivity (Wildman–Crippen MR) is 129 cm³/mol. The SMILES string of the molecule is CCCCCCC(=O)Oc1ccc(N=Nc2ccc(N=Nc3ccc([N+](=O)[O-])cc3)cc2)cc1. The molecule has 9 heteroatoms. The number of non-ortho nitro benzene ring substituents is 1. The van der Waals surface area contributed by atoms with Gasteiger partial charge in [-0.15, -0.1) is 0 Å². The molecule has 0 spiro atoms. The van der Waals surface area contributed by atoms with Crippen molar-refractivity contribution in [1.29, 1.82) is 0 Å². The van der Waals surface area contributed by atoms with Crippen molar-refractivity contribution in [3.05, 3.63) is 82.9 Å². The van der Waals surface area contributed by atoms with Gasteiger partial charge in [0.2, 0.25) is 0 Å². The quantitative estimate of drug-likeness (QED) is 0.0715. The Morgan fingerprint density at radius 3 is 1.62 bits per heavy atom. The molecule has 0 saturated heterocycles. The van der Waals surface area contributed by atoms with E-state index in [2.05, 4.69) is 27.4 Å². The molecule has 9 nitrogen and oxygen atoms in total. The Bertz CT molecular complexity index is 1140. The van der Waals surface area contributed by atoms with E-state index in [4.69, 9.17) is 4.74 Å². The molecule has 0 aromatic heterocycles. The largest absolute Gasteiger partial charge is 0.427 e. The molecule has 174 valence electrons. The van der Waals surface area contributed by atoms with Gasteiger partial charge in [-0.05, 0) is 67.1 Å². The Kier molecular flexibility index (Phi) is 9.09. The van der Waals surface area contributed by atoms with E-state index in [-0.39, 0.29) is 11.7 Å². The van der Waals surface area contributed by atoms with Crippen LogP contribution in [0.15, 0.2) is 93.3 Å². The number of nitrogens with zero attached hydrogens (tertiary/aromatic N) is 5. The number of hydrogen-bond donors (Lipinski definition) is 0.